The van der Waals surface area contributed by atoms with Crippen LogP contribution in [-0.2, 0) is 16.4 Å². The lowest BCUT2D eigenvalue weighted by Gasteiger charge is -2.40. The summed E-state index contributed by atoms with van der Waals surface area (Å²) >= 11 is 0. The molecule has 1 saturated heterocycles. The molecule has 2 aromatic heterocycles. The zero-order chi connectivity index (χ0) is 25.2. The minimum Gasteiger partial charge on any atom is -0.481 e. The molecule has 3 aromatic rings. The minimum atomic E-state index is -4.64. The number of benzene rings is 1. The molecule has 0 spiro atoms. The van der Waals surface area contributed by atoms with Crippen molar-refractivity contribution in [3.63, 3.8) is 0 Å². The Kier molecular flexibility index (Phi) is 6.64. The van der Waals surface area contributed by atoms with Gasteiger partial charge in [-0.15, -0.1) is 0 Å². The molecular formula is C25H23F4N3O3. The molecule has 0 atom stereocenters. The molecule has 0 aliphatic carbocycles. The number of carbonyl (C=O) groups is 1. The summed E-state index contributed by atoms with van der Waals surface area (Å²) in [5, 5.41) is 10.1. The number of piperidine rings is 1. The van der Waals surface area contributed by atoms with Gasteiger partial charge in [0.2, 0.25) is 5.88 Å². The maximum absolute atomic E-state index is 14.4. The predicted molar refractivity (Wildman–Crippen MR) is 121 cm³/mol. The summed E-state index contributed by atoms with van der Waals surface area (Å²) in [7, 11) is 0. The van der Waals surface area contributed by atoms with E-state index in [-0.39, 0.29) is 31.6 Å². The van der Waals surface area contributed by atoms with Crippen LogP contribution in [0.5, 0.6) is 5.88 Å². The Morgan fingerprint density at radius 3 is 2.46 bits per heavy atom. The first-order chi connectivity index (χ1) is 16.7. The van der Waals surface area contributed by atoms with E-state index < -0.39 is 28.9 Å². The Labute approximate surface area is 199 Å². The van der Waals surface area contributed by atoms with Crippen molar-refractivity contribution in [2.75, 3.05) is 24.6 Å². The smallest absolute Gasteiger partial charge is 0.416 e. The molecule has 1 aromatic carbocycles. The van der Waals surface area contributed by atoms with Crippen molar-refractivity contribution in [3.8, 4) is 17.1 Å². The highest BCUT2D eigenvalue weighted by atomic mass is 19.4. The van der Waals surface area contributed by atoms with Crippen molar-refractivity contribution in [1.82, 2.24) is 9.97 Å². The van der Waals surface area contributed by atoms with Crippen LogP contribution in [0.3, 0.4) is 0 Å². The lowest BCUT2D eigenvalue weighted by atomic mass is 9.73. The molecule has 1 aliphatic heterocycles. The standard InChI is InChI=1S/C25H23F4N3O3/c1-2-35-22-18(4-3-11-30-22)20-7-5-17(15-31-20)24(23(33)34)9-12-32(13-10-24)21-8-6-16(14-19(21)26)25(27,28)29/h3-8,11,14-15H,2,9-10,12-13H2,1H3,(H,33,34). The zero-order valence-corrected chi connectivity index (χ0v) is 18.8. The van der Waals surface area contributed by atoms with Crippen molar-refractivity contribution in [2.45, 2.75) is 31.4 Å². The third-order valence-corrected chi connectivity index (χ3v) is 6.29. The fraction of sp³-hybridized carbons (Fsp3) is 0.320. The summed E-state index contributed by atoms with van der Waals surface area (Å²) in [6, 6.07) is 9.36. The van der Waals surface area contributed by atoms with Gasteiger partial charge >= 0.3 is 12.1 Å². The second kappa shape index (κ2) is 9.52. The summed E-state index contributed by atoms with van der Waals surface area (Å²) in [5.74, 6) is -1.60. The lowest BCUT2D eigenvalue weighted by molar-refractivity contribution is -0.145. The average molecular weight is 489 g/mol. The number of alkyl halides is 3. The second-order valence-electron chi connectivity index (χ2n) is 8.26. The van der Waals surface area contributed by atoms with E-state index in [1.54, 1.807) is 29.3 Å². The molecular weight excluding hydrogens is 466 g/mol. The lowest BCUT2D eigenvalue weighted by Crippen LogP contribution is -2.47. The van der Waals surface area contributed by atoms with Gasteiger partial charge in [-0.25, -0.2) is 9.37 Å². The van der Waals surface area contributed by atoms with E-state index >= 15 is 0 Å². The molecule has 1 N–H and O–H groups in total. The van der Waals surface area contributed by atoms with Gasteiger partial charge in [0.05, 0.1) is 34.5 Å². The van der Waals surface area contributed by atoms with E-state index in [2.05, 4.69) is 9.97 Å². The molecule has 0 saturated carbocycles. The van der Waals surface area contributed by atoms with Gasteiger partial charge in [-0.2, -0.15) is 13.2 Å². The summed E-state index contributed by atoms with van der Waals surface area (Å²) in [6.07, 6.45) is -1.24. The second-order valence-corrected chi connectivity index (χ2v) is 8.26. The van der Waals surface area contributed by atoms with Crippen LogP contribution in [0.1, 0.15) is 30.9 Å². The number of anilines is 1. The first-order valence-electron chi connectivity index (χ1n) is 11.1. The van der Waals surface area contributed by atoms with E-state index in [0.717, 1.165) is 12.1 Å². The summed E-state index contributed by atoms with van der Waals surface area (Å²) in [6.45, 7) is 2.59. The zero-order valence-electron chi connectivity index (χ0n) is 18.8. The quantitative estimate of drug-likeness (QED) is 0.472. The molecule has 1 fully saturated rings. The van der Waals surface area contributed by atoms with Crippen LogP contribution in [0.2, 0.25) is 0 Å². The minimum absolute atomic E-state index is 0.0190. The Balaban J connectivity index is 1.56. The molecule has 35 heavy (non-hydrogen) atoms. The predicted octanol–water partition coefficient (Wildman–Crippen LogP) is 5.32. The number of rotatable bonds is 6. The van der Waals surface area contributed by atoms with Crippen LogP contribution in [0.4, 0.5) is 23.2 Å². The van der Waals surface area contributed by atoms with E-state index in [1.165, 1.54) is 6.20 Å². The first-order valence-corrected chi connectivity index (χ1v) is 11.1. The Morgan fingerprint density at radius 1 is 1.14 bits per heavy atom. The van der Waals surface area contributed by atoms with E-state index in [1.807, 2.05) is 13.0 Å². The molecule has 0 bridgehead atoms. The van der Waals surface area contributed by atoms with Crippen LogP contribution in [0, 0.1) is 5.82 Å². The Morgan fingerprint density at radius 2 is 1.89 bits per heavy atom. The number of halogens is 4. The average Bonchev–Trinajstić information content (AvgIpc) is 2.84. The third kappa shape index (κ3) is 4.78. The molecule has 6 nitrogen and oxygen atoms in total. The molecule has 1 aliphatic rings. The summed E-state index contributed by atoms with van der Waals surface area (Å²) in [4.78, 5) is 22.6. The van der Waals surface area contributed by atoms with Gasteiger partial charge in [0.1, 0.15) is 5.82 Å². The van der Waals surface area contributed by atoms with Gasteiger partial charge in [-0.1, -0.05) is 6.07 Å². The van der Waals surface area contributed by atoms with Crippen molar-refractivity contribution in [2.24, 2.45) is 0 Å². The van der Waals surface area contributed by atoms with E-state index in [4.69, 9.17) is 4.74 Å². The van der Waals surface area contributed by atoms with Crippen molar-refractivity contribution < 1.29 is 32.2 Å². The number of hydrogen-bond acceptors (Lipinski definition) is 5. The molecule has 0 unspecified atom stereocenters. The fourth-order valence-corrected chi connectivity index (χ4v) is 4.37. The van der Waals surface area contributed by atoms with Crippen LogP contribution in [0.25, 0.3) is 11.3 Å². The Hall–Kier alpha value is -3.69. The van der Waals surface area contributed by atoms with Gasteiger partial charge < -0.3 is 14.7 Å². The summed E-state index contributed by atoms with van der Waals surface area (Å²) < 4.78 is 58.6. The van der Waals surface area contributed by atoms with E-state index in [9.17, 15) is 27.5 Å². The molecule has 3 heterocycles. The van der Waals surface area contributed by atoms with Gasteiger partial charge in [-0.05, 0) is 61.7 Å². The molecule has 4 rings (SSSR count). The molecule has 184 valence electrons. The van der Waals surface area contributed by atoms with Gasteiger partial charge in [0, 0.05) is 25.5 Å². The number of nitrogens with zero attached hydrogens (tertiary/aromatic N) is 3. The highest BCUT2D eigenvalue weighted by molar-refractivity contribution is 5.82. The highest BCUT2D eigenvalue weighted by Crippen LogP contribution is 2.39. The van der Waals surface area contributed by atoms with Crippen LogP contribution < -0.4 is 9.64 Å². The third-order valence-electron chi connectivity index (χ3n) is 6.29. The monoisotopic (exact) mass is 489 g/mol. The number of carboxylic acids is 1. The number of aliphatic carboxylic acids is 1. The maximum Gasteiger partial charge on any atom is 0.416 e. The first kappa shape index (κ1) is 24.4. The molecule has 10 heteroatoms. The maximum atomic E-state index is 14.4. The van der Waals surface area contributed by atoms with Gasteiger partial charge in [0.25, 0.3) is 0 Å². The highest BCUT2D eigenvalue weighted by Gasteiger charge is 2.44. The van der Waals surface area contributed by atoms with Crippen LogP contribution in [0.15, 0.2) is 54.9 Å². The number of ether oxygens (including phenoxy) is 1. The Bertz CT molecular complexity index is 1210. The fourth-order valence-electron chi connectivity index (χ4n) is 4.37. The number of carboxylic acid groups (broad SMARTS) is 1. The van der Waals surface area contributed by atoms with Crippen LogP contribution >= 0.6 is 0 Å². The van der Waals surface area contributed by atoms with Crippen molar-refractivity contribution in [1.29, 1.82) is 0 Å². The topological polar surface area (TPSA) is 75.6 Å². The molecule has 0 amide bonds. The number of pyridine rings is 2. The normalized spacial score (nSPS) is 15.6. The number of aromatic nitrogens is 2. The van der Waals surface area contributed by atoms with Crippen molar-refractivity contribution >= 4 is 11.7 Å². The molecule has 0 radical (unpaired) electrons. The largest absolute Gasteiger partial charge is 0.481 e. The van der Waals surface area contributed by atoms with Gasteiger partial charge in [0.15, 0.2) is 0 Å². The van der Waals surface area contributed by atoms with E-state index in [0.29, 0.717) is 35.4 Å². The van der Waals surface area contributed by atoms with Crippen LogP contribution in [-0.4, -0.2) is 40.7 Å². The SMILES string of the molecule is CCOc1ncccc1-c1ccc(C2(C(=O)O)CCN(c3ccc(C(F)(F)F)cc3F)CC2)cn1. The summed E-state index contributed by atoms with van der Waals surface area (Å²) in [5.41, 5.74) is -0.535. The van der Waals surface area contributed by atoms with Crippen molar-refractivity contribution in [3.05, 3.63) is 71.8 Å². The number of hydrogen-bond donors (Lipinski definition) is 1. The van der Waals surface area contributed by atoms with Gasteiger partial charge in [-0.3, -0.25) is 9.78 Å².